The van der Waals surface area contributed by atoms with Crippen LogP contribution in [0.3, 0.4) is 0 Å². The van der Waals surface area contributed by atoms with Gasteiger partial charge in [-0.05, 0) is 12.8 Å². The molecule has 1 saturated heterocycles. The van der Waals surface area contributed by atoms with Gasteiger partial charge in [0.2, 0.25) is 5.91 Å². The van der Waals surface area contributed by atoms with Crippen molar-refractivity contribution >= 4 is 5.91 Å². The molecular weight excluding hydrogens is 326 g/mol. The molecule has 0 saturated carbocycles. The lowest BCUT2D eigenvalue weighted by Crippen LogP contribution is -2.35. The molecule has 1 fully saturated rings. The molecule has 2 aliphatic heterocycles. The first-order valence-corrected chi connectivity index (χ1v) is 8.70. The number of fused-ring (bicyclic) bond motifs is 1. The van der Waals surface area contributed by atoms with Gasteiger partial charge in [-0.2, -0.15) is 5.16 Å². The lowest BCUT2D eigenvalue weighted by Gasteiger charge is -2.25. The monoisotopic (exact) mass is 347 g/mol. The number of aromatic nitrogens is 2. The van der Waals surface area contributed by atoms with Crippen molar-refractivity contribution in [2.24, 2.45) is 0 Å². The smallest absolute Gasteiger partial charge is 0.280 e. The van der Waals surface area contributed by atoms with Gasteiger partial charge < -0.3 is 18.6 Å². The molecule has 8 heteroatoms. The molecule has 0 radical (unpaired) electrons. The number of aryl methyl sites for hydroxylation is 1. The molecule has 1 amide bonds. The van der Waals surface area contributed by atoms with Gasteiger partial charge in [0, 0.05) is 51.0 Å². The summed E-state index contributed by atoms with van der Waals surface area (Å²) in [4.78, 5) is 29.9. The number of H-pyrrole nitrogens is 1. The summed E-state index contributed by atoms with van der Waals surface area (Å²) in [6, 6.07) is 1.37. The fourth-order valence-electron chi connectivity index (χ4n) is 3.38. The number of nitrogens with one attached hydrogen (secondary N) is 1. The first-order chi connectivity index (χ1) is 12.2. The number of aromatic amines is 1. The zero-order chi connectivity index (χ0) is 17.2. The van der Waals surface area contributed by atoms with Gasteiger partial charge in [0.1, 0.15) is 17.2 Å². The van der Waals surface area contributed by atoms with Crippen molar-refractivity contribution in [1.82, 2.24) is 15.0 Å². The Labute approximate surface area is 144 Å². The third kappa shape index (κ3) is 3.53. The highest BCUT2D eigenvalue weighted by Crippen LogP contribution is 2.30. The van der Waals surface area contributed by atoms with E-state index >= 15 is 0 Å². The summed E-state index contributed by atoms with van der Waals surface area (Å²) in [7, 11) is 0. The van der Waals surface area contributed by atoms with Gasteiger partial charge in [-0.1, -0.05) is 0 Å². The number of hydrogen-bond acceptors (Lipinski definition) is 6. The zero-order valence-corrected chi connectivity index (χ0v) is 14.0. The normalized spacial score (nSPS) is 18.3. The fourth-order valence-corrected chi connectivity index (χ4v) is 3.38. The van der Waals surface area contributed by atoms with Crippen LogP contribution in [0.1, 0.15) is 48.3 Å². The standard InChI is InChI=1S/C17H21N3O5/c21-15-9-12(25-19-15)1-2-16(22)20-6-3-14-13(10-20)18-17(24-14)11-4-7-23-8-5-11/h9,11H,1-8,10H2,(H,19,21). The van der Waals surface area contributed by atoms with E-state index in [1.807, 2.05) is 0 Å². The highest BCUT2D eigenvalue weighted by atomic mass is 16.5. The third-order valence-corrected chi connectivity index (χ3v) is 4.83. The summed E-state index contributed by atoms with van der Waals surface area (Å²) in [6.07, 6.45) is 3.28. The second-order valence-electron chi connectivity index (χ2n) is 6.55. The van der Waals surface area contributed by atoms with E-state index in [2.05, 4.69) is 10.1 Å². The summed E-state index contributed by atoms with van der Waals surface area (Å²) >= 11 is 0. The SMILES string of the molecule is O=C(CCc1cc(=O)[nH]o1)N1CCc2oc(C3CCOCC3)nc2C1. The highest BCUT2D eigenvalue weighted by Gasteiger charge is 2.28. The molecular formula is C17H21N3O5. The Morgan fingerprint density at radius 1 is 1.36 bits per heavy atom. The number of rotatable bonds is 4. The predicted molar refractivity (Wildman–Crippen MR) is 86.1 cm³/mol. The van der Waals surface area contributed by atoms with Crippen LogP contribution in [0, 0.1) is 0 Å². The Balaban J connectivity index is 1.37. The van der Waals surface area contributed by atoms with Gasteiger partial charge in [0.05, 0.1) is 6.54 Å². The zero-order valence-electron chi connectivity index (χ0n) is 14.0. The quantitative estimate of drug-likeness (QED) is 0.896. The van der Waals surface area contributed by atoms with E-state index in [4.69, 9.17) is 13.7 Å². The summed E-state index contributed by atoms with van der Waals surface area (Å²) in [5.74, 6) is 2.54. The minimum Gasteiger partial charge on any atom is -0.445 e. The maximum absolute atomic E-state index is 12.4. The van der Waals surface area contributed by atoms with E-state index < -0.39 is 0 Å². The average molecular weight is 347 g/mol. The van der Waals surface area contributed by atoms with E-state index in [0.717, 1.165) is 43.4 Å². The first-order valence-electron chi connectivity index (χ1n) is 8.70. The second kappa shape index (κ2) is 6.87. The van der Waals surface area contributed by atoms with Gasteiger partial charge >= 0.3 is 0 Å². The number of amides is 1. The van der Waals surface area contributed by atoms with Gasteiger partial charge in [0.25, 0.3) is 5.56 Å². The molecule has 8 nitrogen and oxygen atoms in total. The summed E-state index contributed by atoms with van der Waals surface area (Å²) in [6.45, 7) is 2.61. The summed E-state index contributed by atoms with van der Waals surface area (Å²) in [5.41, 5.74) is 0.586. The molecule has 4 rings (SSSR count). The number of ether oxygens (including phenoxy) is 1. The van der Waals surface area contributed by atoms with Crippen LogP contribution < -0.4 is 5.56 Å². The first kappa shape index (κ1) is 16.1. The number of hydrogen-bond donors (Lipinski definition) is 1. The number of nitrogens with zero attached hydrogens (tertiary/aromatic N) is 2. The van der Waals surface area contributed by atoms with Crippen LogP contribution in [0.4, 0.5) is 0 Å². The molecule has 134 valence electrons. The van der Waals surface area contributed by atoms with E-state index in [0.29, 0.717) is 44.0 Å². The van der Waals surface area contributed by atoms with Crippen molar-refractivity contribution in [3.63, 3.8) is 0 Å². The van der Waals surface area contributed by atoms with Crippen LogP contribution >= 0.6 is 0 Å². The van der Waals surface area contributed by atoms with Crippen molar-refractivity contribution in [2.75, 3.05) is 19.8 Å². The highest BCUT2D eigenvalue weighted by molar-refractivity contribution is 5.76. The Hall–Kier alpha value is -2.35. The Morgan fingerprint density at radius 3 is 2.96 bits per heavy atom. The van der Waals surface area contributed by atoms with E-state index in [9.17, 15) is 9.59 Å². The predicted octanol–water partition coefficient (Wildman–Crippen LogP) is 1.37. The van der Waals surface area contributed by atoms with Crippen molar-refractivity contribution in [1.29, 1.82) is 0 Å². The molecule has 0 aromatic carbocycles. The van der Waals surface area contributed by atoms with Gasteiger partial charge in [-0.3, -0.25) is 9.59 Å². The Kier molecular flexibility index (Phi) is 4.44. The number of carbonyl (C=O) groups is 1. The van der Waals surface area contributed by atoms with Crippen LogP contribution in [0.5, 0.6) is 0 Å². The fraction of sp³-hybridized carbons (Fsp3) is 0.588. The van der Waals surface area contributed by atoms with Crippen LogP contribution in [0.2, 0.25) is 0 Å². The van der Waals surface area contributed by atoms with E-state index in [1.54, 1.807) is 4.90 Å². The maximum atomic E-state index is 12.4. The van der Waals surface area contributed by atoms with Crippen molar-refractivity contribution in [2.45, 2.75) is 44.6 Å². The van der Waals surface area contributed by atoms with Gasteiger partial charge in [-0.15, -0.1) is 0 Å². The van der Waals surface area contributed by atoms with Crippen LogP contribution in [0.25, 0.3) is 0 Å². The topological polar surface area (TPSA) is 102 Å². The Morgan fingerprint density at radius 2 is 2.20 bits per heavy atom. The van der Waals surface area contributed by atoms with E-state index in [-0.39, 0.29) is 11.5 Å². The summed E-state index contributed by atoms with van der Waals surface area (Å²) < 4.78 is 16.3. The minimum absolute atomic E-state index is 0.0325. The van der Waals surface area contributed by atoms with Gasteiger partial charge in [0.15, 0.2) is 5.89 Å². The lowest BCUT2D eigenvalue weighted by molar-refractivity contribution is -0.132. The summed E-state index contributed by atoms with van der Waals surface area (Å²) in [5, 5.41) is 2.23. The van der Waals surface area contributed by atoms with Crippen LogP contribution in [-0.4, -0.2) is 40.7 Å². The molecule has 0 atom stereocenters. The molecule has 25 heavy (non-hydrogen) atoms. The Bertz CT molecular complexity index is 799. The second-order valence-corrected chi connectivity index (χ2v) is 6.55. The molecule has 1 N–H and O–H groups in total. The van der Waals surface area contributed by atoms with Crippen molar-refractivity contribution in [3.05, 3.63) is 39.5 Å². The number of oxazole rings is 1. The molecule has 4 heterocycles. The molecule has 0 unspecified atom stereocenters. The minimum atomic E-state index is -0.284. The van der Waals surface area contributed by atoms with Crippen molar-refractivity contribution in [3.8, 4) is 0 Å². The lowest BCUT2D eigenvalue weighted by atomic mass is 10.0. The molecule has 2 aromatic rings. The van der Waals surface area contributed by atoms with Gasteiger partial charge in [-0.25, -0.2) is 4.98 Å². The van der Waals surface area contributed by atoms with Crippen molar-refractivity contribution < 1.29 is 18.5 Å². The number of carbonyl (C=O) groups excluding carboxylic acids is 1. The van der Waals surface area contributed by atoms with Crippen LogP contribution in [-0.2, 0) is 28.9 Å². The molecule has 2 aromatic heterocycles. The molecule has 0 bridgehead atoms. The third-order valence-electron chi connectivity index (χ3n) is 4.83. The molecule has 0 spiro atoms. The van der Waals surface area contributed by atoms with Crippen LogP contribution in [0.15, 0.2) is 19.8 Å². The van der Waals surface area contributed by atoms with E-state index in [1.165, 1.54) is 6.07 Å². The molecule has 2 aliphatic rings. The maximum Gasteiger partial charge on any atom is 0.280 e. The largest absolute Gasteiger partial charge is 0.445 e. The molecule has 0 aliphatic carbocycles. The average Bonchev–Trinajstić information content (AvgIpc) is 3.25.